The van der Waals surface area contributed by atoms with Crippen LogP contribution in [0.5, 0.6) is 0 Å². The Hall–Kier alpha value is -1.91. The van der Waals surface area contributed by atoms with Gasteiger partial charge in [0.2, 0.25) is 0 Å². The van der Waals surface area contributed by atoms with Crippen LogP contribution in [-0.4, -0.2) is 11.1 Å². The zero-order valence-electron chi connectivity index (χ0n) is 7.34. The van der Waals surface area contributed by atoms with Gasteiger partial charge in [-0.15, -0.1) is 0 Å². The Kier molecular flexibility index (Phi) is 2.14. The molecule has 0 saturated carbocycles. The number of allylic oxidation sites excluding steroid dienone is 1. The van der Waals surface area contributed by atoms with Crippen LogP contribution in [-0.2, 0) is 0 Å². The first-order valence-corrected chi connectivity index (χ1v) is 4.24. The molecule has 2 heterocycles. The quantitative estimate of drug-likeness (QED) is 0.533. The maximum absolute atomic E-state index is 10.4. The summed E-state index contributed by atoms with van der Waals surface area (Å²) >= 11 is 0. The Morgan fingerprint density at radius 3 is 2.86 bits per heavy atom. The minimum Gasteiger partial charge on any atom is -0.399 e. The molecule has 0 radical (unpaired) electrons. The van der Waals surface area contributed by atoms with E-state index in [4.69, 9.17) is 4.42 Å². The fraction of sp³-hybridized carbons (Fsp3) is 0.222. The zero-order chi connectivity index (χ0) is 9.97. The summed E-state index contributed by atoms with van der Waals surface area (Å²) in [7, 11) is 0. The lowest BCUT2D eigenvalue weighted by Crippen LogP contribution is -1.87. The predicted octanol–water partition coefficient (Wildman–Crippen LogP) is 2.39. The van der Waals surface area contributed by atoms with Crippen LogP contribution in [0, 0.1) is 10.1 Å². The number of nitrogens with zero attached hydrogens (tertiary/aromatic N) is 2. The van der Waals surface area contributed by atoms with Crippen molar-refractivity contribution in [3.8, 4) is 0 Å². The highest BCUT2D eigenvalue weighted by atomic mass is 16.6. The lowest BCUT2D eigenvalue weighted by atomic mass is 10.2. The van der Waals surface area contributed by atoms with Gasteiger partial charge in [-0.2, -0.15) is 0 Å². The number of nitro groups is 1. The second kappa shape index (κ2) is 3.45. The molecule has 0 aromatic carbocycles. The summed E-state index contributed by atoms with van der Waals surface area (Å²) in [6.45, 7) is 0. The lowest BCUT2D eigenvalue weighted by molar-refractivity contribution is -0.402. The summed E-state index contributed by atoms with van der Waals surface area (Å²) in [5, 5.41) is 10.4. The molecule has 0 fully saturated rings. The van der Waals surface area contributed by atoms with Crippen molar-refractivity contribution in [3.05, 3.63) is 34.1 Å². The van der Waals surface area contributed by atoms with Crippen LogP contribution >= 0.6 is 0 Å². The third-order valence-corrected chi connectivity index (χ3v) is 1.89. The smallest absolute Gasteiger partial charge is 0.399 e. The Bertz CT molecular complexity index is 417. The SMILES string of the molecule is O=[N+]([O-])c1ccc(C2=CCCC=N2)o1. The van der Waals surface area contributed by atoms with Crippen LogP contribution in [0.1, 0.15) is 18.6 Å². The standard InChI is InChI=1S/C9H8N2O3/c12-11(13)9-5-4-8(14-9)7-3-1-2-6-10-7/h3-6H,1-2H2. The van der Waals surface area contributed by atoms with Crippen LogP contribution in [0.4, 0.5) is 5.88 Å². The van der Waals surface area contributed by atoms with Gasteiger partial charge in [-0.3, -0.25) is 15.1 Å². The van der Waals surface area contributed by atoms with E-state index in [-0.39, 0.29) is 5.88 Å². The van der Waals surface area contributed by atoms with E-state index in [9.17, 15) is 10.1 Å². The Balaban J connectivity index is 2.28. The van der Waals surface area contributed by atoms with Gasteiger partial charge < -0.3 is 4.42 Å². The molecular weight excluding hydrogens is 184 g/mol. The monoisotopic (exact) mass is 192 g/mol. The molecule has 1 aliphatic heterocycles. The van der Waals surface area contributed by atoms with Crippen LogP contribution in [0.3, 0.4) is 0 Å². The average molecular weight is 192 g/mol. The molecule has 0 bridgehead atoms. The Labute approximate surface area is 79.9 Å². The van der Waals surface area contributed by atoms with Crippen molar-refractivity contribution >= 4 is 17.8 Å². The molecule has 0 amide bonds. The van der Waals surface area contributed by atoms with Gasteiger partial charge in [0.05, 0.1) is 6.07 Å². The van der Waals surface area contributed by atoms with E-state index < -0.39 is 4.92 Å². The van der Waals surface area contributed by atoms with Crippen molar-refractivity contribution in [2.24, 2.45) is 4.99 Å². The molecule has 72 valence electrons. The predicted molar refractivity (Wildman–Crippen MR) is 51.1 cm³/mol. The van der Waals surface area contributed by atoms with Crippen molar-refractivity contribution in [3.63, 3.8) is 0 Å². The highest BCUT2D eigenvalue weighted by molar-refractivity contribution is 5.74. The first-order valence-electron chi connectivity index (χ1n) is 4.24. The number of rotatable bonds is 2. The molecule has 14 heavy (non-hydrogen) atoms. The van der Waals surface area contributed by atoms with Gasteiger partial charge in [-0.05, 0) is 18.9 Å². The average Bonchev–Trinajstić information content (AvgIpc) is 2.68. The second-order valence-electron chi connectivity index (χ2n) is 2.87. The first kappa shape index (κ1) is 8.68. The summed E-state index contributed by atoms with van der Waals surface area (Å²) in [6.07, 6.45) is 5.49. The van der Waals surface area contributed by atoms with Gasteiger partial charge >= 0.3 is 5.88 Å². The third-order valence-electron chi connectivity index (χ3n) is 1.89. The van der Waals surface area contributed by atoms with Gasteiger partial charge in [-0.25, -0.2) is 0 Å². The molecule has 1 aromatic rings. The Morgan fingerprint density at radius 2 is 2.29 bits per heavy atom. The minimum atomic E-state index is -0.559. The molecule has 1 aliphatic rings. The van der Waals surface area contributed by atoms with Crippen LogP contribution in [0.15, 0.2) is 27.6 Å². The first-order chi connectivity index (χ1) is 6.77. The van der Waals surface area contributed by atoms with Gasteiger partial charge in [-0.1, -0.05) is 6.08 Å². The summed E-state index contributed by atoms with van der Waals surface area (Å²) in [4.78, 5) is 13.9. The molecule has 0 N–H and O–H groups in total. The van der Waals surface area contributed by atoms with Crippen molar-refractivity contribution in [1.29, 1.82) is 0 Å². The zero-order valence-corrected chi connectivity index (χ0v) is 7.34. The molecule has 0 unspecified atom stereocenters. The van der Waals surface area contributed by atoms with E-state index in [1.807, 2.05) is 6.08 Å². The summed E-state index contributed by atoms with van der Waals surface area (Å²) in [5.41, 5.74) is 0.671. The van der Waals surface area contributed by atoms with E-state index in [1.165, 1.54) is 6.07 Å². The van der Waals surface area contributed by atoms with Gasteiger partial charge in [0.1, 0.15) is 10.6 Å². The van der Waals surface area contributed by atoms with Crippen molar-refractivity contribution < 1.29 is 9.34 Å². The molecule has 0 spiro atoms. The summed E-state index contributed by atoms with van der Waals surface area (Å²) in [5.74, 6) is 0.203. The maximum atomic E-state index is 10.4. The van der Waals surface area contributed by atoms with Gasteiger partial charge in [0, 0.05) is 6.21 Å². The fourth-order valence-electron chi connectivity index (χ4n) is 1.24. The molecule has 5 nitrogen and oxygen atoms in total. The number of furan rings is 1. The third kappa shape index (κ3) is 1.56. The summed E-state index contributed by atoms with van der Waals surface area (Å²) in [6, 6.07) is 2.90. The molecular formula is C9H8N2O3. The highest BCUT2D eigenvalue weighted by Gasteiger charge is 2.14. The number of hydrogen-bond acceptors (Lipinski definition) is 4. The number of hydrogen-bond donors (Lipinski definition) is 0. The van der Waals surface area contributed by atoms with E-state index in [2.05, 4.69) is 4.99 Å². The molecule has 0 saturated heterocycles. The molecule has 0 aliphatic carbocycles. The number of aliphatic imine (C=N–C) groups is 1. The Morgan fingerprint density at radius 1 is 1.43 bits per heavy atom. The van der Waals surface area contributed by atoms with Gasteiger partial charge in [0.25, 0.3) is 0 Å². The van der Waals surface area contributed by atoms with E-state index >= 15 is 0 Å². The topological polar surface area (TPSA) is 68.6 Å². The van der Waals surface area contributed by atoms with Crippen LogP contribution < -0.4 is 0 Å². The summed E-state index contributed by atoms with van der Waals surface area (Å²) < 4.78 is 5.00. The minimum absolute atomic E-state index is 0.248. The van der Waals surface area contributed by atoms with E-state index in [0.717, 1.165) is 12.8 Å². The largest absolute Gasteiger partial charge is 0.433 e. The molecule has 1 aromatic heterocycles. The molecule has 0 atom stereocenters. The van der Waals surface area contributed by atoms with Crippen molar-refractivity contribution in [1.82, 2.24) is 0 Å². The second-order valence-corrected chi connectivity index (χ2v) is 2.87. The molecule has 2 rings (SSSR count). The van der Waals surface area contributed by atoms with Crippen molar-refractivity contribution in [2.75, 3.05) is 0 Å². The fourth-order valence-corrected chi connectivity index (χ4v) is 1.24. The highest BCUT2D eigenvalue weighted by Crippen LogP contribution is 2.25. The van der Waals surface area contributed by atoms with Crippen LogP contribution in [0.2, 0.25) is 0 Å². The maximum Gasteiger partial charge on any atom is 0.433 e. The van der Waals surface area contributed by atoms with E-state index in [1.54, 1.807) is 12.3 Å². The lowest BCUT2D eigenvalue weighted by Gasteiger charge is -2.01. The van der Waals surface area contributed by atoms with Crippen LogP contribution in [0.25, 0.3) is 5.70 Å². The normalized spacial score (nSPS) is 15.3. The van der Waals surface area contributed by atoms with Gasteiger partial charge in [0.15, 0.2) is 5.76 Å². The van der Waals surface area contributed by atoms with Crippen molar-refractivity contribution in [2.45, 2.75) is 12.8 Å². The molecule has 5 heteroatoms. The van der Waals surface area contributed by atoms with E-state index in [0.29, 0.717) is 11.5 Å².